The summed E-state index contributed by atoms with van der Waals surface area (Å²) in [5.74, 6) is -0.373. The molecule has 0 saturated heterocycles. The highest BCUT2D eigenvalue weighted by atomic mass is 35.5. The minimum absolute atomic E-state index is 0.169. The lowest BCUT2D eigenvalue weighted by atomic mass is 9.94. The molecule has 1 aromatic carbocycles. The first-order chi connectivity index (χ1) is 11.5. The minimum Gasteiger partial charge on any atom is -0.390 e. The Kier molecular flexibility index (Phi) is 5.14. The third-order valence-corrected chi connectivity index (χ3v) is 4.66. The first-order valence-electron chi connectivity index (χ1n) is 7.84. The predicted octanol–water partition coefficient (Wildman–Crippen LogP) is 1.67. The normalized spacial score (nSPS) is 26.3. The Bertz CT molecular complexity index is 693. The van der Waals surface area contributed by atoms with Crippen LogP contribution in [0, 0.1) is 0 Å². The number of carbonyl (C=O) groups is 1. The summed E-state index contributed by atoms with van der Waals surface area (Å²) in [6.45, 7) is 0. The second-order valence-electron chi connectivity index (χ2n) is 6.08. The van der Waals surface area contributed by atoms with Gasteiger partial charge in [0, 0.05) is 23.3 Å². The number of aliphatic hydroxyl groups is 2. The van der Waals surface area contributed by atoms with Crippen molar-refractivity contribution in [1.29, 1.82) is 0 Å². The van der Waals surface area contributed by atoms with Gasteiger partial charge < -0.3 is 15.5 Å². The van der Waals surface area contributed by atoms with Crippen LogP contribution in [0.2, 0.25) is 5.02 Å². The number of hydrogen-bond donors (Lipinski definition) is 3. The maximum atomic E-state index is 12.3. The number of carbonyl (C=O) groups excluding carboxylic acids is 1. The molecule has 6 heteroatoms. The van der Waals surface area contributed by atoms with Crippen LogP contribution in [0.4, 0.5) is 0 Å². The average Bonchev–Trinajstić information content (AvgIpc) is 2.86. The summed E-state index contributed by atoms with van der Waals surface area (Å²) >= 11 is 5.84. The Labute approximate surface area is 145 Å². The molecular weight excluding hydrogens is 328 g/mol. The standard InChI is InChI=1S/C18H19ClN2O3/c19-13-5-3-11(4-6-13)8-16(23)21-17-14(9-15(22)18(17)24)12-2-1-7-20-10-12/h1-7,10,14-15,17-18,22,24H,8-9H2,(H,21,23)/t14-,15-,17-,18-/m1/s1. The Balaban J connectivity index is 1.71. The monoisotopic (exact) mass is 346 g/mol. The van der Waals surface area contributed by atoms with E-state index in [2.05, 4.69) is 10.3 Å². The van der Waals surface area contributed by atoms with Crippen molar-refractivity contribution in [3.8, 4) is 0 Å². The fourth-order valence-corrected chi connectivity index (χ4v) is 3.30. The lowest BCUT2D eigenvalue weighted by molar-refractivity contribution is -0.122. The molecule has 3 N–H and O–H groups in total. The molecule has 0 unspecified atom stereocenters. The van der Waals surface area contributed by atoms with E-state index in [9.17, 15) is 15.0 Å². The Morgan fingerprint density at radius 1 is 1.25 bits per heavy atom. The molecule has 126 valence electrons. The van der Waals surface area contributed by atoms with Gasteiger partial charge in [-0.25, -0.2) is 0 Å². The molecule has 0 aliphatic heterocycles. The molecular formula is C18H19ClN2O3. The van der Waals surface area contributed by atoms with Crippen LogP contribution in [0.25, 0.3) is 0 Å². The molecule has 1 heterocycles. The molecule has 0 bridgehead atoms. The van der Waals surface area contributed by atoms with Crippen LogP contribution in [0.1, 0.15) is 23.5 Å². The molecule has 2 aromatic rings. The number of nitrogens with one attached hydrogen (secondary N) is 1. The van der Waals surface area contributed by atoms with Crippen LogP contribution in [0.15, 0.2) is 48.8 Å². The SMILES string of the molecule is O=C(Cc1ccc(Cl)cc1)N[C@H]1[C@H](O)[C@H](O)C[C@@H]1c1cccnc1. The molecule has 1 aromatic heterocycles. The van der Waals surface area contributed by atoms with Crippen LogP contribution in [-0.2, 0) is 11.2 Å². The van der Waals surface area contributed by atoms with Crippen molar-refractivity contribution in [3.63, 3.8) is 0 Å². The van der Waals surface area contributed by atoms with E-state index < -0.39 is 18.2 Å². The minimum atomic E-state index is -0.996. The first-order valence-corrected chi connectivity index (χ1v) is 8.22. The van der Waals surface area contributed by atoms with E-state index in [1.807, 2.05) is 6.07 Å². The van der Waals surface area contributed by atoms with Crippen LogP contribution in [-0.4, -0.2) is 39.4 Å². The van der Waals surface area contributed by atoms with Gasteiger partial charge in [-0.15, -0.1) is 0 Å². The van der Waals surface area contributed by atoms with Crippen molar-refractivity contribution < 1.29 is 15.0 Å². The van der Waals surface area contributed by atoms with Crippen molar-refractivity contribution in [2.24, 2.45) is 0 Å². The van der Waals surface area contributed by atoms with Gasteiger partial charge in [-0.1, -0.05) is 29.8 Å². The second-order valence-corrected chi connectivity index (χ2v) is 6.52. The van der Waals surface area contributed by atoms with E-state index in [0.29, 0.717) is 11.4 Å². The zero-order valence-corrected chi connectivity index (χ0v) is 13.7. The van der Waals surface area contributed by atoms with Gasteiger partial charge in [0.2, 0.25) is 5.91 Å². The molecule has 0 spiro atoms. The number of aromatic nitrogens is 1. The molecule has 1 aliphatic carbocycles. The second kappa shape index (κ2) is 7.30. The maximum absolute atomic E-state index is 12.3. The van der Waals surface area contributed by atoms with Gasteiger partial charge >= 0.3 is 0 Å². The summed E-state index contributed by atoms with van der Waals surface area (Å²) in [4.78, 5) is 16.4. The highest BCUT2D eigenvalue weighted by molar-refractivity contribution is 6.30. The van der Waals surface area contributed by atoms with Gasteiger partial charge in [0.1, 0.15) is 6.10 Å². The smallest absolute Gasteiger partial charge is 0.224 e. The highest BCUT2D eigenvalue weighted by Crippen LogP contribution is 2.35. The highest BCUT2D eigenvalue weighted by Gasteiger charge is 2.43. The summed E-state index contributed by atoms with van der Waals surface area (Å²) in [6, 6.07) is 10.2. The van der Waals surface area contributed by atoms with Crippen LogP contribution >= 0.6 is 11.6 Å². The third-order valence-electron chi connectivity index (χ3n) is 4.41. The molecule has 5 nitrogen and oxygen atoms in total. The summed E-state index contributed by atoms with van der Waals surface area (Å²) in [7, 11) is 0. The fourth-order valence-electron chi connectivity index (χ4n) is 3.17. The largest absolute Gasteiger partial charge is 0.390 e. The fraction of sp³-hybridized carbons (Fsp3) is 0.333. The zero-order chi connectivity index (χ0) is 17.1. The van der Waals surface area contributed by atoms with E-state index in [-0.39, 0.29) is 18.2 Å². The topological polar surface area (TPSA) is 82.5 Å². The quantitative estimate of drug-likeness (QED) is 0.786. The number of halogens is 1. The van der Waals surface area contributed by atoms with Crippen LogP contribution in [0.5, 0.6) is 0 Å². The summed E-state index contributed by atoms with van der Waals surface area (Å²) in [5.41, 5.74) is 1.73. The van der Waals surface area contributed by atoms with Gasteiger partial charge in [0.05, 0.1) is 18.6 Å². The average molecular weight is 347 g/mol. The Morgan fingerprint density at radius 2 is 2.00 bits per heavy atom. The van der Waals surface area contributed by atoms with Gasteiger partial charge in [-0.2, -0.15) is 0 Å². The zero-order valence-electron chi connectivity index (χ0n) is 13.0. The molecule has 1 aliphatic rings. The van der Waals surface area contributed by atoms with Gasteiger partial charge in [-0.05, 0) is 35.7 Å². The first kappa shape index (κ1) is 16.9. The number of hydrogen-bond acceptors (Lipinski definition) is 4. The van der Waals surface area contributed by atoms with E-state index in [0.717, 1.165) is 11.1 Å². The maximum Gasteiger partial charge on any atom is 0.224 e. The van der Waals surface area contributed by atoms with Crippen LogP contribution < -0.4 is 5.32 Å². The van der Waals surface area contributed by atoms with Gasteiger partial charge in [0.15, 0.2) is 0 Å². The van der Waals surface area contributed by atoms with Crippen molar-refractivity contribution in [1.82, 2.24) is 10.3 Å². The van der Waals surface area contributed by atoms with Crippen molar-refractivity contribution in [2.75, 3.05) is 0 Å². The van der Waals surface area contributed by atoms with Crippen molar-refractivity contribution in [2.45, 2.75) is 37.0 Å². The molecule has 24 heavy (non-hydrogen) atoms. The molecule has 4 atom stereocenters. The van der Waals surface area contributed by atoms with Crippen molar-refractivity contribution in [3.05, 3.63) is 64.9 Å². The number of pyridine rings is 1. The number of rotatable bonds is 4. The number of benzene rings is 1. The third kappa shape index (κ3) is 3.75. The Morgan fingerprint density at radius 3 is 2.67 bits per heavy atom. The molecule has 1 saturated carbocycles. The van der Waals surface area contributed by atoms with E-state index >= 15 is 0 Å². The van der Waals surface area contributed by atoms with Gasteiger partial charge in [-0.3, -0.25) is 9.78 Å². The molecule has 3 rings (SSSR count). The summed E-state index contributed by atoms with van der Waals surface area (Å²) in [6.07, 6.45) is 2.09. The number of aliphatic hydroxyl groups excluding tert-OH is 2. The molecule has 1 amide bonds. The van der Waals surface area contributed by atoms with Crippen molar-refractivity contribution >= 4 is 17.5 Å². The predicted molar refractivity (Wildman–Crippen MR) is 90.7 cm³/mol. The van der Waals surface area contributed by atoms with Crippen LogP contribution in [0.3, 0.4) is 0 Å². The summed E-state index contributed by atoms with van der Waals surface area (Å²) in [5, 5.41) is 23.7. The number of nitrogens with zero attached hydrogens (tertiary/aromatic N) is 1. The van der Waals surface area contributed by atoms with E-state index in [1.54, 1.807) is 42.7 Å². The molecule has 0 radical (unpaired) electrons. The Hall–Kier alpha value is -1.95. The lowest BCUT2D eigenvalue weighted by Gasteiger charge is -2.23. The van der Waals surface area contributed by atoms with E-state index in [4.69, 9.17) is 11.6 Å². The van der Waals surface area contributed by atoms with Gasteiger partial charge in [0.25, 0.3) is 0 Å². The van der Waals surface area contributed by atoms with E-state index in [1.165, 1.54) is 0 Å². The number of amides is 1. The molecule has 1 fully saturated rings. The summed E-state index contributed by atoms with van der Waals surface area (Å²) < 4.78 is 0. The lowest BCUT2D eigenvalue weighted by Crippen LogP contribution is -2.45.